The van der Waals surface area contributed by atoms with Crippen LogP contribution in [0.5, 0.6) is 0 Å². The van der Waals surface area contributed by atoms with E-state index in [1.165, 1.54) is 0 Å². The first-order valence-corrected chi connectivity index (χ1v) is 5.32. The van der Waals surface area contributed by atoms with Gasteiger partial charge in [-0.05, 0) is 30.4 Å². The largest absolute Gasteiger partial charge is 0.207 e. The maximum absolute atomic E-state index is 13.2. The van der Waals surface area contributed by atoms with Crippen LogP contribution in [0, 0.1) is 5.82 Å². The van der Waals surface area contributed by atoms with E-state index in [-0.39, 0.29) is 5.82 Å². The molecule has 66 valence electrons. The zero-order chi connectivity index (χ0) is 8.97. The highest BCUT2D eigenvalue weighted by Gasteiger charge is 2.01. The minimum Gasteiger partial charge on any atom is -0.207 e. The van der Waals surface area contributed by atoms with Crippen molar-refractivity contribution in [1.82, 2.24) is 0 Å². The second-order valence-corrected chi connectivity index (χ2v) is 3.59. The zero-order valence-electron chi connectivity index (χ0n) is 7.43. The van der Waals surface area contributed by atoms with Gasteiger partial charge in [0.25, 0.3) is 0 Å². The molecular weight excluding hydrogens is 171 g/mol. The molecular formula is C10H13FS. The molecule has 1 aromatic carbocycles. The third-order valence-electron chi connectivity index (χ3n) is 1.78. The fourth-order valence-electron chi connectivity index (χ4n) is 1.13. The van der Waals surface area contributed by atoms with Crippen LogP contribution in [0.3, 0.4) is 0 Å². The molecule has 0 aliphatic rings. The van der Waals surface area contributed by atoms with Gasteiger partial charge in [0, 0.05) is 4.90 Å². The Morgan fingerprint density at radius 2 is 2.17 bits per heavy atom. The van der Waals surface area contributed by atoms with E-state index >= 15 is 0 Å². The topological polar surface area (TPSA) is 0 Å². The molecule has 12 heavy (non-hydrogen) atoms. The molecule has 0 aliphatic carbocycles. The summed E-state index contributed by atoms with van der Waals surface area (Å²) in [6.45, 7) is 2.06. The molecule has 0 spiro atoms. The van der Waals surface area contributed by atoms with Gasteiger partial charge in [-0.25, -0.2) is 4.39 Å². The van der Waals surface area contributed by atoms with Gasteiger partial charge in [-0.1, -0.05) is 19.4 Å². The van der Waals surface area contributed by atoms with Crippen LogP contribution in [-0.2, 0) is 6.42 Å². The van der Waals surface area contributed by atoms with Crippen molar-refractivity contribution in [3.05, 3.63) is 29.6 Å². The van der Waals surface area contributed by atoms with Crippen LogP contribution >= 0.6 is 11.8 Å². The van der Waals surface area contributed by atoms with Crippen LogP contribution < -0.4 is 0 Å². The van der Waals surface area contributed by atoms with E-state index in [0.717, 1.165) is 23.3 Å². The Labute approximate surface area is 77.2 Å². The fourth-order valence-corrected chi connectivity index (χ4v) is 1.55. The first-order valence-electron chi connectivity index (χ1n) is 4.10. The molecule has 1 aromatic rings. The van der Waals surface area contributed by atoms with Crippen LogP contribution in [-0.4, -0.2) is 6.26 Å². The fraction of sp³-hybridized carbons (Fsp3) is 0.400. The van der Waals surface area contributed by atoms with Crippen molar-refractivity contribution >= 4 is 11.8 Å². The smallest absolute Gasteiger partial charge is 0.127 e. The van der Waals surface area contributed by atoms with Crippen LogP contribution in [0.25, 0.3) is 0 Å². The van der Waals surface area contributed by atoms with Gasteiger partial charge >= 0.3 is 0 Å². The van der Waals surface area contributed by atoms with Crippen molar-refractivity contribution in [2.75, 3.05) is 6.26 Å². The summed E-state index contributed by atoms with van der Waals surface area (Å²) in [6, 6.07) is 5.46. The van der Waals surface area contributed by atoms with Crippen molar-refractivity contribution in [2.45, 2.75) is 24.7 Å². The van der Waals surface area contributed by atoms with Crippen molar-refractivity contribution in [3.8, 4) is 0 Å². The summed E-state index contributed by atoms with van der Waals surface area (Å²) in [5, 5.41) is 0. The molecule has 1 rings (SSSR count). The minimum atomic E-state index is -0.0660. The average Bonchev–Trinajstić information content (AvgIpc) is 2.09. The Hall–Kier alpha value is -0.500. The van der Waals surface area contributed by atoms with Gasteiger partial charge in [0.05, 0.1) is 0 Å². The van der Waals surface area contributed by atoms with E-state index in [1.807, 2.05) is 18.4 Å². The number of rotatable bonds is 3. The lowest BCUT2D eigenvalue weighted by atomic mass is 10.1. The quantitative estimate of drug-likeness (QED) is 0.648. The highest BCUT2D eigenvalue weighted by Crippen LogP contribution is 2.18. The highest BCUT2D eigenvalue weighted by molar-refractivity contribution is 7.98. The van der Waals surface area contributed by atoms with Crippen LogP contribution in [0.15, 0.2) is 23.1 Å². The van der Waals surface area contributed by atoms with Crippen molar-refractivity contribution in [3.63, 3.8) is 0 Å². The van der Waals surface area contributed by atoms with E-state index in [1.54, 1.807) is 17.8 Å². The van der Waals surface area contributed by atoms with Gasteiger partial charge in [-0.3, -0.25) is 0 Å². The highest BCUT2D eigenvalue weighted by atomic mass is 32.2. The predicted molar refractivity (Wildman–Crippen MR) is 52.2 cm³/mol. The number of thioether (sulfide) groups is 1. The van der Waals surface area contributed by atoms with E-state index in [4.69, 9.17) is 0 Å². The number of benzene rings is 1. The third-order valence-corrected chi connectivity index (χ3v) is 2.50. The summed E-state index contributed by atoms with van der Waals surface area (Å²) in [5.74, 6) is -0.0660. The SMILES string of the molecule is CCCc1ccc(SC)cc1F. The summed E-state index contributed by atoms with van der Waals surface area (Å²) < 4.78 is 13.2. The van der Waals surface area contributed by atoms with Gasteiger partial charge in [0.15, 0.2) is 0 Å². The van der Waals surface area contributed by atoms with E-state index in [9.17, 15) is 4.39 Å². The molecule has 0 atom stereocenters. The average molecular weight is 184 g/mol. The molecule has 2 heteroatoms. The van der Waals surface area contributed by atoms with E-state index < -0.39 is 0 Å². The molecule has 0 aromatic heterocycles. The first-order chi connectivity index (χ1) is 5.77. The molecule has 0 nitrogen and oxygen atoms in total. The number of hydrogen-bond acceptors (Lipinski definition) is 1. The number of aryl methyl sites for hydroxylation is 1. The minimum absolute atomic E-state index is 0.0660. The van der Waals surface area contributed by atoms with Gasteiger partial charge in [0.1, 0.15) is 5.82 Å². The summed E-state index contributed by atoms with van der Waals surface area (Å²) in [6.07, 6.45) is 3.78. The Balaban J connectivity index is 2.87. The molecule has 0 unspecified atom stereocenters. The summed E-state index contributed by atoms with van der Waals surface area (Å²) in [5.41, 5.74) is 0.829. The van der Waals surface area contributed by atoms with E-state index in [0.29, 0.717) is 0 Å². The molecule has 0 saturated carbocycles. The van der Waals surface area contributed by atoms with Gasteiger partial charge < -0.3 is 0 Å². The van der Waals surface area contributed by atoms with Crippen LogP contribution in [0.2, 0.25) is 0 Å². The normalized spacial score (nSPS) is 10.2. The van der Waals surface area contributed by atoms with Crippen LogP contribution in [0.4, 0.5) is 4.39 Å². The molecule has 0 aliphatic heterocycles. The monoisotopic (exact) mass is 184 g/mol. The zero-order valence-corrected chi connectivity index (χ0v) is 8.25. The molecule has 0 N–H and O–H groups in total. The Morgan fingerprint density at radius 3 is 2.67 bits per heavy atom. The van der Waals surface area contributed by atoms with Crippen LogP contribution in [0.1, 0.15) is 18.9 Å². The number of halogens is 1. The Kier molecular flexibility index (Phi) is 3.60. The molecule has 0 bridgehead atoms. The molecule has 0 radical (unpaired) electrons. The lowest BCUT2D eigenvalue weighted by Gasteiger charge is -2.02. The molecule has 0 fully saturated rings. The second-order valence-electron chi connectivity index (χ2n) is 2.71. The van der Waals surface area contributed by atoms with Crippen molar-refractivity contribution in [2.24, 2.45) is 0 Å². The molecule has 0 saturated heterocycles. The molecule has 0 heterocycles. The summed E-state index contributed by atoms with van der Waals surface area (Å²) in [4.78, 5) is 0.993. The van der Waals surface area contributed by atoms with Gasteiger partial charge in [-0.2, -0.15) is 0 Å². The third kappa shape index (κ3) is 2.24. The lowest BCUT2D eigenvalue weighted by molar-refractivity contribution is 0.604. The van der Waals surface area contributed by atoms with Gasteiger partial charge in [-0.15, -0.1) is 11.8 Å². The maximum atomic E-state index is 13.2. The maximum Gasteiger partial charge on any atom is 0.127 e. The van der Waals surface area contributed by atoms with Gasteiger partial charge in [0.2, 0.25) is 0 Å². The second kappa shape index (κ2) is 4.51. The summed E-state index contributed by atoms with van der Waals surface area (Å²) >= 11 is 1.57. The predicted octanol–water partition coefficient (Wildman–Crippen LogP) is 3.50. The lowest BCUT2D eigenvalue weighted by Crippen LogP contribution is -1.89. The molecule has 0 amide bonds. The first kappa shape index (κ1) is 9.59. The summed E-state index contributed by atoms with van der Waals surface area (Å²) in [7, 11) is 0. The Morgan fingerprint density at radius 1 is 1.42 bits per heavy atom. The Bertz CT molecular complexity index is 258. The number of hydrogen-bond donors (Lipinski definition) is 0. The van der Waals surface area contributed by atoms with Crippen molar-refractivity contribution in [1.29, 1.82) is 0 Å². The standard InChI is InChI=1S/C10H13FS/c1-3-4-8-5-6-9(12-2)7-10(8)11/h5-7H,3-4H2,1-2H3. The van der Waals surface area contributed by atoms with Crippen molar-refractivity contribution < 1.29 is 4.39 Å². The van der Waals surface area contributed by atoms with E-state index in [2.05, 4.69) is 6.92 Å².